The summed E-state index contributed by atoms with van der Waals surface area (Å²) in [7, 11) is 0. The molecule has 5 heteroatoms. The molecule has 4 nitrogen and oxygen atoms in total. The third-order valence-electron chi connectivity index (χ3n) is 2.31. The van der Waals surface area contributed by atoms with Crippen molar-refractivity contribution in [3.63, 3.8) is 0 Å². The van der Waals surface area contributed by atoms with E-state index in [-0.39, 0.29) is 6.04 Å². The Morgan fingerprint density at radius 3 is 2.73 bits per heavy atom. The van der Waals surface area contributed by atoms with Gasteiger partial charge in [-0.15, -0.1) is 0 Å². The standard InChI is InChI=1S/C10H13ClN4/c1-5(2)15-10-7(12)4-8(11)13-9(10)6(3)14-15/h4-5H,1-3H3,(H2,12,13). The van der Waals surface area contributed by atoms with E-state index in [0.29, 0.717) is 10.8 Å². The second-order valence-electron chi connectivity index (χ2n) is 3.86. The molecule has 0 fully saturated rings. The van der Waals surface area contributed by atoms with Gasteiger partial charge in [-0.3, -0.25) is 4.68 Å². The Morgan fingerprint density at radius 2 is 2.13 bits per heavy atom. The lowest BCUT2D eigenvalue weighted by Crippen LogP contribution is -2.04. The quantitative estimate of drug-likeness (QED) is 0.758. The van der Waals surface area contributed by atoms with Crippen LogP contribution in [0.5, 0.6) is 0 Å². The van der Waals surface area contributed by atoms with Crippen molar-refractivity contribution in [3.05, 3.63) is 16.9 Å². The molecule has 0 radical (unpaired) electrons. The molecule has 0 unspecified atom stereocenters. The van der Waals surface area contributed by atoms with Gasteiger partial charge in [0.25, 0.3) is 0 Å². The molecule has 0 saturated heterocycles. The molecule has 0 atom stereocenters. The van der Waals surface area contributed by atoms with Crippen LogP contribution in [0.25, 0.3) is 11.0 Å². The number of nitrogens with zero attached hydrogens (tertiary/aromatic N) is 3. The third kappa shape index (κ3) is 1.55. The molecular formula is C10H13ClN4. The molecule has 0 saturated carbocycles. The van der Waals surface area contributed by atoms with Crippen molar-refractivity contribution in [2.45, 2.75) is 26.8 Å². The van der Waals surface area contributed by atoms with Crippen LogP contribution < -0.4 is 5.73 Å². The Balaban J connectivity index is 2.87. The first kappa shape index (κ1) is 10.2. The SMILES string of the molecule is Cc1nn(C(C)C)c2c(N)cc(Cl)nc12. The van der Waals surface area contributed by atoms with Gasteiger partial charge in [-0.1, -0.05) is 11.6 Å². The Labute approximate surface area is 93.0 Å². The fourth-order valence-corrected chi connectivity index (χ4v) is 1.85. The second-order valence-corrected chi connectivity index (χ2v) is 4.24. The number of aryl methyl sites for hydroxylation is 1. The van der Waals surface area contributed by atoms with Crippen LogP contribution in [0.3, 0.4) is 0 Å². The molecule has 0 aliphatic rings. The van der Waals surface area contributed by atoms with Crippen molar-refractivity contribution >= 4 is 28.3 Å². The monoisotopic (exact) mass is 224 g/mol. The predicted molar refractivity (Wildman–Crippen MR) is 62.1 cm³/mol. The minimum atomic E-state index is 0.256. The minimum absolute atomic E-state index is 0.256. The van der Waals surface area contributed by atoms with Gasteiger partial charge in [0.15, 0.2) is 0 Å². The van der Waals surface area contributed by atoms with Gasteiger partial charge < -0.3 is 5.73 Å². The van der Waals surface area contributed by atoms with Crippen LogP contribution >= 0.6 is 11.6 Å². The van der Waals surface area contributed by atoms with Gasteiger partial charge in [-0.25, -0.2) is 4.98 Å². The molecule has 0 aliphatic heterocycles. The van der Waals surface area contributed by atoms with Crippen molar-refractivity contribution in [1.82, 2.24) is 14.8 Å². The molecule has 0 amide bonds. The fourth-order valence-electron chi connectivity index (χ4n) is 1.65. The first-order chi connectivity index (χ1) is 7.00. The van der Waals surface area contributed by atoms with Crippen LogP contribution in [0.1, 0.15) is 25.6 Å². The van der Waals surface area contributed by atoms with Crippen LogP contribution in [0, 0.1) is 6.92 Å². The van der Waals surface area contributed by atoms with E-state index in [1.807, 2.05) is 11.6 Å². The molecular weight excluding hydrogens is 212 g/mol. The van der Waals surface area contributed by atoms with Crippen LogP contribution in [0.4, 0.5) is 5.69 Å². The number of hydrogen-bond donors (Lipinski definition) is 1. The van der Waals surface area contributed by atoms with Crippen LogP contribution in [0.2, 0.25) is 5.15 Å². The third-order valence-corrected chi connectivity index (χ3v) is 2.50. The van der Waals surface area contributed by atoms with Gasteiger partial charge in [0, 0.05) is 12.1 Å². The number of nitrogens with two attached hydrogens (primary N) is 1. The van der Waals surface area contributed by atoms with Crippen molar-refractivity contribution in [1.29, 1.82) is 0 Å². The normalized spacial score (nSPS) is 11.5. The van der Waals surface area contributed by atoms with Gasteiger partial charge in [-0.2, -0.15) is 5.10 Å². The van der Waals surface area contributed by atoms with E-state index in [1.165, 1.54) is 0 Å². The summed E-state index contributed by atoms with van der Waals surface area (Å²) in [4.78, 5) is 4.24. The maximum Gasteiger partial charge on any atom is 0.132 e. The average molecular weight is 225 g/mol. The van der Waals surface area contributed by atoms with E-state index >= 15 is 0 Å². The summed E-state index contributed by atoms with van der Waals surface area (Å²) < 4.78 is 1.88. The first-order valence-corrected chi connectivity index (χ1v) is 5.19. The van der Waals surface area contributed by atoms with Gasteiger partial charge in [0.2, 0.25) is 0 Å². The number of hydrogen-bond acceptors (Lipinski definition) is 3. The maximum atomic E-state index is 5.92. The molecule has 0 aliphatic carbocycles. The van der Waals surface area contributed by atoms with Crippen LogP contribution in [-0.4, -0.2) is 14.8 Å². The topological polar surface area (TPSA) is 56.7 Å². The van der Waals surface area contributed by atoms with Crippen molar-refractivity contribution in [2.75, 3.05) is 5.73 Å². The number of fused-ring (bicyclic) bond motifs is 1. The van der Waals surface area contributed by atoms with Crippen LogP contribution in [-0.2, 0) is 0 Å². The summed E-state index contributed by atoms with van der Waals surface area (Å²) in [5.41, 5.74) is 9.06. The van der Waals surface area contributed by atoms with Gasteiger partial charge in [0.05, 0.1) is 11.4 Å². The summed E-state index contributed by atoms with van der Waals surface area (Å²) in [6.45, 7) is 6.02. The minimum Gasteiger partial charge on any atom is -0.397 e. The molecule has 2 aromatic heterocycles. The predicted octanol–water partition coefficient (Wildman–Crippen LogP) is 2.56. The number of halogens is 1. The molecule has 2 N–H and O–H groups in total. The summed E-state index contributed by atoms with van der Waals surface area (Å²) in [5.74, 6) is 0. The summed E-state index contributed by atoms with van der Waals surface area (Å²) >= 11 is 5.86. The Bertz CT molecular complexity index is 516. The highest BCUT2D eigenvalue weighted by Gasteiger charge is 2.14. The van der Waals surface area contributed by atoms with E-state index in [2.05, 4.69) is 23.9 Å². The lowest BCUT2D eigenvalue weighted by Gasteiger charge is -2.08. The largest absolute Gasteiger partial charge is 0.397 e. The highest BCUT2D eigenvalue weighted by molar-refractivity contribution is 6.30. The van der Waals surface area contributed by atoms with Crippen LogP contribution in [0.15, 0.2) is 6.07 Å². The lowest BCUT2D eigenvalue weighted by molar-refractivity contribution is 0.547. The molecule has 2 aromatic rings. The number of nitrogen functional groups attached to an aromatic ring is 1. The molecule has 2 heterocycles. The van der Waals surface area contributed by atoms with Gasteiger partial charge >= 0.3 is 0 Å². The first-order valence-electron chi connectivity index (χ1n) is 4.81. The average Bonchev–Trinajstić information content (AvgIpc) is 2.44. The summed E-state index contributed by atoms with van der Waals surface area (Å²) in [5, 5.41) is 4.82. The number of anilines is 1. The van der Waals surface area contributed by atoms with E-state index in [4.69, 9.17) is 17.3 Å². The van der Waals surface area contributed by atoms with E-state index in [9.17, 15) is 0 Å². The highest BCUT2D eigenvalue weighted by Crippen LogP contribution is 2.27. The van der Waals surface area contributed by atoms with E-state index < -0.39 is 0 Å². The Hall–Kier alpha value is -1.29. The smallest absolute Gasteiger partial charge is 0.132 e. The summed E-state index contributed by atoms with van der Waals surface area (Å²) in [6, 6.07) is 1.91. The Kier molecular flexibility index (Phi) is 2.31. The maximum absolute atomic E-state index is 5.92. The zero-order valence-corrected chi connectivity index (χ0v) is 9.71. The van der Waals surface area contributed by atoms with E-state index in [0.717, 1.165) is 16.7 Å². The number of rotatable bonds is 1. The zero-order chi connectivity index (χ0) is 11.2. The van der Waals surface area contributed by atoms with Crippen molar-refractivity contribution in [3.8, 4) is 0 Å². The van der Waals surface area contributed by atoms with Crippen molar-refractivity contribution < 1.29 is 0 Å². The van der Waals surface area contributed by atoms with E-state index in [1.54, 1.807) is 6.07 Å². The molecule has 0 spiro atoms. The van der Waals surface area contributed by atoms with Gasteiger partial charge in [-0.05, 0) is 20.8 Å². The van der Waals surface area contributed by atoms with Gasteiger partial charge in [0.1, 0.15) is 16.2 Å². The summed E-state index contributed by atoms with van der Waals surface area (Å²) in [6.07, 6.45) is 0. The molecule has 0 aromatic carbocycles. The zero-order valence-electron chi connectivity index (χ0n) is 8.95. The second kappa shape index (κ2) is 3.38. The molecule has 2 rings (SSSR count). The number of aromatic nitrogens is 3. The molecule has 80 valence electrons. The lowest BCUT2D eigenvalue weighted by atomic mass is 10.3. The molecule has 0 bridgehead atoms. The van der Waals surface area contributed by atoms with Crippen molar-refractivity contribution in [2.24, 2.45) is 0 Å². The number of pyridine rings is 1. The molecule has 15 heavy (non-hydrogen) atoms. The fraction of sp³-hybridized carbons (Fsp3) is 0.400. The Morgan fingerprint density at radius 1 is 1.47 bits per heavy atom. The highest BCUT2D eigenvalue weighted by atomic mass is 35.5.